The summed E-state index contributed by atoms with van der Waals surface area (Å²) in [6.07, 6.45) is 18.9. The van der Waals surface area contributed by atoms with Gasteiger partial charge in [0.1, 0.15) is 6.17 Å². The van der Waals surface area contributed by atoms with Crippen molar-refractivity contribution in [1.82, 2.24) is 4.90 Å². The molecule has 0 aromatic heterocycles. The van der Waals surface area contributed by atoms with E-state index in [4.69, 9.17) is 5.73 Å². The van der Waals surface area contributed by atoms with Crippen LogP contribution in [-0.2, 0) is 0 Å². The van der Waals surface area contributed by atoms with Gasteiger partial charge in [-0.1, -0.05) is 51.2 Å². The Bertz CT molecular complexity index is 273. The van der Waals surface area contributed by atoms with Crippen molar-refractivity contribution in [2.45, 2.75) is 70.9 Å². The van der Waals surface area contributed by atoms with Crippen LogP contribution in [0.25, 0.3) is 0 Å². The summed E-state index contributed by atoms with van der Waals surface area (Å²) in [7, 11) is 0. The zero-order valence-corrected chi connectivity index (χ0v) is 13.3. The number of nitrogens with two attached hydrogens (primary N) is 1. The quantitative estimate of drug-likeness (QED) is 0.437. The van der Waals surface area contributed by atoms with Crippen molar-refractivity contribution in [3.8, 4) is 0 Å². The molecule has 0 fully saturated rings. The fourth-order valence-electron chi connectivity index (χ4n) is 2.68. The first-order chi connectivity index (χ1) is 9.88. The molecule has 0 saturated heterocycles. The van der Waals surface area contributed by atoms with Crippen molar-refractivity contribution in [1.29, 1.82) is 0 Å². The van der Waals surface area contributed by atoms with Crippen LogP contribution in [0.15, 0.2) is 17.1 Å². The Labute approximate surface area is 125 Å². The first kappa shape index (κ1) is 17.4. The summed E-state index contributed by atoms with van der Waals surface area (Å²) >= 11 is 0. The summed E-state index contributed by atoms with van der Waals surface area (Å²) < 4.78 is 0. The fourth-order valence-corrected chi connectivity index (χ4v) is 2.68. The van der Waals surface area contributed by atoms with Crippen LogP contribution < -0.4 is 5.73 Å². The van der Waals surface area contributed by atoms with Crippen LogP contribution >= 0.6 is 0 Å². The Balaban J connectivity index is 1.95. The third-order valence-electron chi connectivity index (χ3n) is 3.91. The summed E-state index contributed by atoms with van der Waals surface area (Å²) in [5.74, 6) is 0. The van der Waals surface area contributed by atoms with Gasteiger partial charge in [-0.25, -0.2) is 0 Å². The second-order valence-corrected chi connectivity index (χ2v) is 5.70. The van der Waals surface area contributed by atoms with Gasteiger partial charge < -0.3 is 5.73 Å². The van der Waals surface area contributed by atoms with E-state index in [1.807, 2.05) is 6.21 Å². The van der Waals surface area contributed by atoms with E-state index in [1.54, 1.807) is 0 Å². The molecule has 0 bridgehead atoms. The van der Waals surface area contributed by atoms with E-state index in [2.05, 4.69) is 29.0 Å². The van der Waals surface area contributed by atoms with Gasteiger partial charge in [0.2, 0.25) is 0 Å². The summed E-state index contributed by atoms with van der Waals surface area (Å²) in [5.41, 5.74) is 5.61. The summed E-state index contributed by atoms with van der Waals surface area (Å²) in [4.78, 5) is 6.89. The second-order valence-electron chi connectivity index (χ2n) is 5.70. The van der Waals surface area contributed by atoms with Gasteiger partial charge >= 0.3 is 0 Å². The van der Waals surface area contributed by atoms with E-state index < -0.39 is 0 Å². The maximum Gasteiger partial charge on any atom is 0.102 e. The predicted molar refractivity (Wildman–Crippen MR) is 89.3 cm³/mol. The molecule has 1 aliphatic rings. The highest BCUT2D eigenvalue weighted by molar-refractivity contribution is 5.62. The van der Waals surface area contributed by atoms with Crippen molar-refractivity contribution in [3.63, 3.8) is 0 Å². The summed E-state index contributed by atoms with van der Waals surface area (Å²) in [5, 5.41) is 0. The molecule has 116 valence electrons. The molecule has 3 heteroatoms. The van der Waals surface area contributed by atoms with E-state index >= 15 is 0 Å². The molecular weight excluding hydrogens is 246 g/mol. The first-order valence-electron chi connectivity index (χ1n) is 8.49. The molecule has 1 atom stereocenters. The van der Waals surface area contributed by atoms with Crippen LogP contribution in [0.2, 0.25) is 0 Å². The summed E-state index contributed by atoms with van der Waals surface area (Å²) in [6.45, 7) is 4.94. The third-order valence-corrected chi connectivity index (χ3v) is 3.91. The highest BCUT2D eigenvalue weighted by Gasteiger charge is 2.18. The SMILES string of the molecule is CCCCCCCC/C=C/CCC1N=CCN1CCN. The molecule has 3 nitrogen and oxygen atoms in total. The average Bonchev–Trinajstić information content (AvgIpc) is 2.89. The van der Waals surface area contributed by atoms with Crippen LogP contribution in [0.4, 0.5) is 0 Å². The molecule has 1 unspecified atom stereocenters. The maximum atomic E-state index is 5.61. The van der Waals surface area contributed by atoms with Gasteiger partial charge in [-0.05, 0) is 25.7 Å². The van der Waals surface area contributed by atoms with E-state index in [0.29, 0.717) is 6.17 Å². The predicted octanol–water partition coefficient (Wildman–Crippen LogP) is 3.74. The van der Waals surface area contributed by atoms with Gasteiger partial charge in [-0.15, -0.1) is 0 Å². The van der Waals surface area contributed by atoms with Crippen LogP contribution in [0.3, 0.4) is 0 Å². The Kier molecular flexibility index (Phi) is 10.5. The zero-order chi connectivity index (χ0) is 14.5. The Morgan fingerprint density at radius 1 is 1.15 bits per heavy atom. The molecule has 1 heterocycles. The van der Waals surface area contributed by atoms with Gasteiger partial charge in [0, 0.05) is 25.8 Å². The molecule has 0 aliphatic carbocycles. The molecule has 0 aromatic carbocycles. The number of hydrogen-bond acceptors (Lipinski definition) is 3. The van der Waals surface area contributed by atoms with Gasteiger partial charge in [-0.3, -0.25) is 9.89 Å². The molecule has 1 rings (SSSR count). The highest BCUT2D eigenvalue weighted by atomic mass is 15.3. The lowest BCUT2D eigenvalue weighted by molar-refractivity contribution is 0.247. The highest BCUT2D eigenvalue weighted by Crippen LogP contribution is 2.13. The van der Waals surface area contributed by atoms with Crippen molar-refractivity contribution in [2.24, 2.45) is 10.7 Å². The number of aliphatic imine (C=N–C) groups is 1. The molecule has 2 N–H and O–H groups in total. The Hall–Kier alpha value is -0.670. The third kappa shape index (κ3) is 7.81. The molecule has 0 amide bonds. The van der Waals surface area contributed by atoms with Crippen LogP contribution in [0.5, 0.6) is 0 Å². The molecule has 20 heavy (non-hydrogen) atoms. The minimum absolute atomic E-state index is 0.372. The van der Waals surface area contributed by atoms with E-state index in [0.717, 1.165) is 32.5 Å². The topological polar surface area (TPSA) is 41.6 Å². The monoisotopic (exact) mass is 279 g/mol. The van der Waals surface area contributed by atoms with Crippen molar-refractivity contribution >= 4 is 6.21 Å². The van der Waals surface area contributed by atoms with E-state index in [-0.39, 0.29) is 0 Å². The normalized spacial score (nSPS) is 19.4. The van der Waals surface area contributed by atoms with Crippen molar-refractivity contribution in [2.75, 3.05) is 19.6 Å². The summed E-state index contributed by atoms with van der Waals surface area (Å²) in [6, 6.07) is 0. The van der Waals surface area contributed by atoms with Crippen molar-refractivity contribution in [3.05, 3.63) is 12.2 Å². The minimum atomic E-state index is 0.372. The molecule has 1 aliphatic heterocycles. The maximum absolute atomic E-state index is 5.61. The van der Waals surface area contributed by atoms with Gasteiger partial charge in [0.25, 0.3) is 0 Å². The van der Waals surface area contributed by atoms with Crippen molar-refractivity contribution < 1.29 is 0 Å². The smallest absolute Gasteiger partial charge is 0.102 e. The van der Waals surface area contributed by atoms with Gasteiger partial charge in [0.15, 0.2) is 0 Å². The molecule has 0 spiro atoms. The van der Waals surface area contributed by atoms with Crippen LogP contribution in [0.1, 0.15) is 64.7 Å². The van der Waals surface area contributed by atoms with Crippen LogP contribution in [-0.4, -0.2) is 36.9 Å². The van der Waals surface area contributed by atoms with Crippen LogP contribution in [0, 0.1) is 0 Å². The van der Waals surface area contributed by atoms with Gasteiger partial charge in [-0.2, -0.15) is 0 Å². The number of allylic oxidation sites excluding steroid dienone is 2. The first-order valence-corrected chi connectivity index (χ1v) is 8.49. The molecular formula is C17H33N3. The fraction of sp³-hybridized carbons (Fsp3) is 0.824. The number of rotatable bonds is 12. The Morgan fingerprint density at radius 3 is 2.70 bits per heavy atom. The lowest BCUT2D eigenvalue weighted by atomic mass is 10.1. The van der Waals surface area contributed by atoms with E-state index in [9.17, 15) is 0 Å². The second kappa shape index (κ2) is 12.1. The lowest BCUT2D eigenvalue weighted by Gasteiger charge is -2.21. The average molecular weight is 279 g/mol. The molecule has 0 saturated carbocycles. The zero-order valence-electron chi connectivity index (χ0n) is 13.3. The standard InChI is InChI=1S/C17H33N3/c1-2-3-4-5-6-7-8-9-10-11-12-17-19-14-16-20(17)15-13-18/h9-10,14,17H,2-8,11-13,15-16,18H2,1H3/b10-9+. The number of hydrogen-bond donors (Lipinski definition) is 1. The molecule has 0 aromatic rings. The number of nitrogens with zero attached hydrogens (tertiary/aromatic N) is 2. The van der Waals surface area contributed by atoms with E-state index in [1.165, 1.54) is 44.9 Å². The lowest BCUT2D eigenvalue weighted by Crippen LogP contribution is -2.34. The molecule has 0 radical (unpaired) electrons. The van der Waals surface area contributed by atoms with Gasteiger partial charge in [0.05, 0.1) is 0 Å². The largest absolute Gasteiger partial charge is 0.329 e. The minimum Gasteiger partial charge on any atom is -0.329 e. The number of unbranched alkanes of at least 4 members (excludes halogenated alkanes) is 6. The Morgan fingerprint density at radius 2 is 1.90 bits per heavy atom.